The second-order valence-electron chi connectivity index (χ2n) is 4.70. The van der Waals surface area contributed by atoms with Gasteiger partial charge in [-0.15, -0.1) is 0 Å². The van der Waals surface area contributed by atoms with Crippen LogP contribution in [0.2, 0.25) is 0 Å². The van der Waals surface area contributed by atoms with Crippen molar-refractivity contribution in [1.82, 2.24) is 10.6 Å². The van der Waals surface area contributed by atoms with Gasteiger partial charge in [-0.1, -0.05) is 6.92 Å². The largest absolute Gasteiger partial charge is 0.354 e. The minimum Gasteiger partial charge on any atom is -0.354 e. The summed E-state index contributed by atoms with van der Waals surface area (Å²) in [6, 6.07) is 0.712. The summed E-state index contributed by atoms with van der Waals surface area (Å²) in [6.07, 6.45) is 3.44. The van der Waals surface area contributed by atoms with E-state index in [0.29, 0.717) is 12.5 Å². The lowest BCUT2D eigenvalue weighted by atomic mass is 10.1. The summed E-state index contributed by atoms with van der Waals surface area (Å²) >= 11 is 0. The topological polar surface area (TPSA) is 58.2 Å². The average Bonchev–Trinajstić information content (AvgIpc) is 2.31. The number of hydrogen-bond acceptors (Lipinski definition) is 3. The highest BCUT2D eigenvalue weighted by molar-refractivity contribution is 7.85. The molecule has 0 aromatic heterocycles. The first kappa shape index (κ1) is 14.6. The number of amides is 1. The molecule has 5 heteroatoms. The average molecular weight is 260 g/mol. The van der Waals surface area contributed by atoms with Gasteiger partial charge in [0.25, 0.3) is 0 Å². The van der Waals surface area contributed by atoms with Crippen LogP contribution in [0.15, 0.2) is 0 Å². The third-order valence-electron chi connectivity index (χ3n) is 3.19. The standard InChI is InChI=1S/C12H24N2O2S/c1-3-10(2)14-12(15)4-7-13-11-5-8-17(16)9-6-11/h10-11,13H,3-9H2,1-2H3,(H,14,15). The highest BCUT2D eigenvalue weighted by Gasteiger charge is 2.17. The molecule has 17 heavy (non-hydrogen) atoms. The smallest absolute Gasteiger partial charge is 0.221 e. The molecule has 1 fully saturated rings. The molecule has 0 aromatic rings. The van der Waals surface area contributed by atoms with E-state index in [9.17, 15) is 9.00 Å². The van der Waals surface area contributed by atoms with Crippen molar-refractivity contribution in [1.29, 1.82) is 0 Å². The van der Waals surface area contributed by atoms with Crippen molar-refractivity contribution in [2.24, 2.45) is 0 Å². The van der Waals surface area contributed by atoms with Crippen LogP contribution in [0.1, 0.15) is 39.5 Å². The van der Waals surface area contributed by atoms with Gasteiger partial charge in [0.1, 0.15) is 0 Å². The summed E-state index contributed by atoms with van der Waals surface area (Å²) in [5, 5.41) is 6.32. The van der Waals surface area contributed by atoms with E-state index in [1.807, 2.05) is 6.92 Å². The van der Waals surface area contributed by atoms with Crippen LogP contribution in [-0.4, -0.2) is 40.3 Å². The summed E-state index contributed by atoms with van der Waals surface area (Å²) in [4.78, 5) is 11.5. The Kier molecular flexibility index (Phi) is 6.73. The highest BCUT2D eigenvalue weighted by Crippen LogP contribution is 2.08. The van der Waals surface area contributed by atoms with E-state index < -0.39 is 10.8 Å². The van der Waals surface area contributed by atoms with Crippen LogP contribution in [0, 0.1) is 0 Å². The van der Waals surface area contributed by atoms with E-state index in [-0.39, 0.29) is 11.9 Å². The molecule has 0 aromatic carbocycles. The Balaban J connectivity index is 2.07. The molecule has 1 rings (SSSR count). The summed E-state index contributed by atoms with van der Waals surface area (Å²) in [5.74, 6) is 1.72. The molecular weight excluding hydrogens is 236 g/mol. The Labute approximate surface area is 106 Å². The molecule has 1 aliphatic heterocycles. The molecule has 4 nitrogen and oxygen atoms in total. The zero-order valence-electron chi connectivity index (χ0n) is 10.8. The van der Waals surface area contributed by atoms with Gasteiger partial charge in [-0.2, -0.15) is 0 Å². The molecule has 2 N–H and O–H groups in total. The van der Waals surface area contributed by atoms with Gasteiger partial charge in [-0.25, -0.2) is 0 Å². The minimum absolute atomic E-state index is 0.117. The van der Waals surface area contributed by atoms with Crippen LogP contribution in [0.3, 0.4) is 0 Å². The van der Waals surface area contributed by atoms with Crippen molar-refractivity contribution in [3.05, 3.63) is 0 Å². The van der Waals surface area contributed by atoms with Crippen LogP contribution in [0.4, 0.5) is 0 Å². The molecule has 0 saturated carbocycles. The van der Waals surface area contributed by atoms with Gasteiger partial charge in [-0.3, -0.25) is 9.00 Å². The maximum atomic E-state index is 11.5. The SMILES string of the molecule is CCC(C)NC(=O)CCNC1CCS(=O)CC1. The van der Waals surface area contributed by atoms with Gasteiger partial charge >= 0.3 is 0 Å². The molecule has 0 radical (unpaired) electrons. The van der Waals surface area contributed by atoms with Crippen molar-refractivity contribution in [3.63, 3.8) is 0 Å². The Morgan fingerprint density at radius 3 is 2.65 bits per heavy atom. The molecule has 0 spiro atoms. The number of carbonyl (C=O) groups excluding carboxylic acids is 1. The summed E-state index contributed by atoms with van der Waals surface area (Å²) in [7, 11) is -0.604. The van der Waals surface area contributed by atoms with E-state index in [4.69, 9.17) is 0 Å². The summed E-state index contributed by atoms with van der Waals surface area (Å²) in [5.41, 5.74) is 0. The molecule has 1 atom stereocenters. The Hall–Kier alpha value is -0.420. The number of rotatable bonds is 6. The zero-order chi connectivity index (χ0) is 12.7. The minimum atomic E-state index is -0.604. The maximum absolute atomic E-state index is 11.5. The van der Waals surface area contributed by atoms with Crippen molar-refractivity contribution >= 4 is 16.7 Å². The zero-order valence-corrected chi connectivity index (χ0v) is 11.6. The van der Waals surface area contributed by atoms with Crippen LogP contribution in [0.5, 0.6) is 0 Å². The van der Waals surface area contributed by atoms with Crippen LogP contribution >= 0.6 is 0 Å². The lowest BCUT2D eigenvalue weighted by Gasteiger charge is -2.22. The molecule has 100 valence electrons. The Morgan fingerprint density at radius 2 is 2.06 bits per heavy atom. The van der Waals surface area contributed by atoms with Gasteiger partial charge < -0.3 is 10.6 Å². The summed E-state index contributed by atoms with van der Waals surface area (Å²) < 4.78 is 11.2. The predicted molar refractivity (Wildman–Crippen MR) is 71.4 cm³/mol. The van der Waals surface area contributed by atoms with Crippen LogP contribution < -0.4 is 10.6 Å². The van der Waals surface area contributed by atoms with E-state index in [0.717, 1.165) is 37.3 Å². The monoisotopic (exact) mass is 260 g/mol. The molecular formula is C12H24N2O2S. The highest BCUT2D eigenvalue weighted by atomic mass is 32.2. The maximum Gasteiger partial charge on any atom is 0.221 e. The normalized spacial score (nSPS) is 26.5. The first-order chi connectivity index (χ1) is 8.11. The number of carbonyl (C=O) groups is 1. The van der Waals surface area contributed by atoms with E-state index in [1.165, 1.54) is 0 Å². The van der Waals surface area contributed by atoms with E-state index in [2.05, 4.69) is 17.6 Å². The van der Waals surface area contributed by atoms with Crippen molar-refractivity contribution < 1.29 is 9.00 Å². The fourth-order valence-electron chi connectivity index (χ4n) is 1.84. The molecule has 1 amide bonds. The first-order valence-corrected chi connectivity index (χ1v) is 7.98. The lowest BCUT2D eigenvalue weighted by molar-refractivity contribution is -0.121. The molecule has 1 saturated heterocycles. The van der Waals surface area contributed by atoms with E-state index in [1.54, 1.807) is 0 Å². The van der Waals surface area contributed by atoms with Gasteiger partial charge in [0.2, 0.25) is 5.91 Å². The van der Waals surface area contributed by atoms with Crippen LogP contribution in [-0.2, 0) is 15.6 Å². The lowest BCUT2D eigenvalue weighted by Crippen LogP contribution is -2.39. The van der Waals surface area contributed by atoms with Crippen molar-refractivity contribution in [2.75, 3.05) is 18.1 Å². The van der Waals surface area contributed by atoms with E-state index >= 15 is 0 Å². The Morgan fingerprint density at radius 1 is 1.41 bits per heavy atom. The molecule has 1 heterocycles. The fourth-order valence-corrected chi connectivity index (χ4v) is 3.14. The van der Waals surface area contributed by atoms with Gasteiger partial charge in [0.15, 0.2) is 0 Å². The third-order valence-corrected chi connectivity index (χ3v) is 4.57. The summed E-state index contributed by atoms with van der Waals surface area (Å²) in [6.45, 7) is 4.80. The Bertz CT molecular complexity index is 261. The van der Waals surface area contributed by atoms with Gasteiger partial charge in [0.05, 0.1) is 0 Å². The van der Waals surface area contributed by atoms with Crippen molar-refractivity contribution in [3.8, 4) is 0 Å². The first-order valence-electron chi connectivity index (χ1n) is 6.49. The predicted octanol–water partition coefficient (Wildman–Crippen LogP) is 0.792. The fraction of sp³-hybridized carbons (Fsp3) is 0.917. The molecule has 1 aliphatic rings. The van der Waals surface area contributed by atoms with Crippen LogP contribution in [0.25, 0.3) is 0 Å². The van der Waals surface area contributed by atoms with Crippen molar-refractivity contribution in [2.45, 2.75) is 51.6 Å². The van der Waals surface area contributed by atoms with Gasteiger partial charge in [0, 0.05) is 47.4 Å². The quantitative estimate of drug-likeness (QED) is 0.742. The molecule has 0 aliphatic carbocycles. The second kappa shape index (κ2) is 7.82. The third kappa shape index (κ3) is 6.17. The number of nitrogens with one attached hydrogen (secondary N) is 2. The number of hydrogen-bond donors (Lipinski definition) is 2. The second-order valence-corrected chi connectivity index (χ2v) is 6.40. The molecule has 0 bridgehead atoms. The molecule has 1 unspecified atom stereocenters. The van der Waals surface area contributed by atoms with Gasteiger partial charge in [-0.05, 0) is 26.2 Å².